The summed E-state index contributed by atoms with van der Waals surface area (Å²) in [4.78, 5) is 10.9. The topological polar surface area (TPSA) is 46.5 Å². The molecule has 1 aliphatic heterocycles. The van der Waals surface area contributed by atoms with Gasteiger partial charge in [0.05, 0.1) is 12.2 Å². The van der Waals surface area contributed by atoms with Gasteiger partial charge in [0.25, 0.3) is 0 Å². The lowest BCUT2D eigenvalue weighted by atomic mass is 10.00. The maximum Gasteiger partial charge on any atom is 0.335 e. The SMILES string of the molecule is C/C(=C\c1ccc(C(=O)O)cc1)c1ccc2c(c1)OCCCC2. The molecular weight excluding hydrogens is 288 g/mol. The zero-order valence-electron chi connectivity index (χ0n) is 13.2. The molecule has 1 aliphatic rings. The molecule has 0 amide bonds. The highest BCUT2D eigenvalue weighted by Gasteiger charge is 2.10. The number of benzene rings is 2. The molecule has 0 saturated heterocycles. The largest absolute Gasteiger partial charge is 0.493 e. The molecule has 0 bridgehead atoms. The van der Waals surface area contributed by atoms with E-state index in [1.54, 1.807) is 12.1 Å². The van der Waals surface area contributed by atoms with E-state index < -0.39 is 5.97 Å². The molecule has 0 saturated carbocycles. The Morgan fingerprint density at radius 1 is 1.09 bits per heavy atom. The van der Waals surface area contributed by atoms with Crippen LogP contribution in [0.4, 0.5) is 0 Å². The highest BCUT2D eigenvalue weighted by Crippen LogP contribution is 2.29. The Morgan fingerprint density at radius 3 is 2.57 bits per heavy atom. The second-order valence-electron chi connectivity index (χ2n) is 5.88. The number of carboxylic acids is 1. The first-order chi connectivity index (χ1) is 11.1. The van der Waals surface area contributed by atoms with Crippen molar-refractivity contribution in [3.05, 3.63) is 64.7 Å². The summed E-state index contributed by atoms with van der Waals surface area (Å²) in [6.45, 7) is 2.85. The van der Waals surface area contributed by atoms with E-state index >= 15 is 0 Å². The van der Waals surface area contributed by atoms with E-state index in [1.807, 2.05) is 12.1 Å². The van der Waals surface area contributed by atoms with Crippen molar-refractivity contribution >= 4 is 17.6 Å². The van der Waals surface area contributed by atoms with Crippen LogP contribution in [-0.4, -0.2) is 17.7 Å². The Labute approximate surface area is 136 Å². The maximum absolute atomic E-state index is 10.9. The number of hydrogen-bond donors (Lipinski definition) is 1. The van der Waals surface area contributed by atoms with Gasteiger partial charge in [-0.2, -0.15) is 0 Å². The summed E-state index contributed by atoms with van der Waals surface area (Å²) in [5.41, 5.74) is 4.84. The summed E-state index contributed by atoms with van der Waals surface area (Å²) in [5, 5.41) is 8.94. The van der Waals surface area contributed by atoms with Crippen molar-refractivity contribution in [1.82, 2.24) is 0 Å². The van der Waals surface area contributed by atoms with Gasteiger partial charge < -0.3 is 9.84 Å². The second-order valence-corrected chi connectivity index (χ2v) is 5.88. The van der Waals surface area contributed by atoms with E-state index in [0.717, 1.165) is 41.9 Å². The smallest absolute Gasteiger partial charge is 0.335 e. The van der Waals surface area contributed by atoms with Crippen molar-refractivity contribution in [2.24, 2.45) is 0 Å². The van der Waals surface area contributed by atoms with Gasteiger partial charge in [0.15, 0.2) is 0 Å². The first-order valence-electron chi connectivity index (χ1n) is 7.91. The number of carbonyl (C=O) groups is 1. The normalized spacial score (nSPS) is 14.6. The third-order valence-corrected chi connectivity index (χ3v) is 4.16. The lowest BCUT2D eigenvalue weighted by molar-refractivity contribution is 0.0697. The van der Waals surface area contributed by atoms with Crippen molar-refractivity contribution in [3.63, 3.8) is 0 Å². The van der Waals surface area contributed by atoms with Gasteiger partial charge in [0.1, 0.15) is 5.75 Å². The Hall–Kier alpha value is -2.55. The number of allylic oxidation sites excluding steroid dienone is 1. The first kappa shape index (κ1) is 15.3. The third-order valence-electron chi connectivity index (χ3n) is 4.16. The Balaban J connectivity index is 1.85. The Morgan fingerprint density at radius 2 is 1.83 bits per heavy atom. The van der Waals surface area contributed by atoms with E-state index in [4.69, 9.17) is 9.84 Å². The van der Waals surface area contributed by atoms with Crippen LogP contribution in [0.1, 0.15) is 46.8 Å². The third kappa shape index (κ3) is 3.62. The van der Waals surface area contributed by atoms with E-state index in [-0.39, 0.29) is 0 Å². The quantitative estimate of drug-likeness (QED) is 0.839. The van der Waals surface area contributed by atoms with Crippen LogP contribution in [0.25, 0.3) is 11.6 Å². The average Bonchev–Trinajstić information content (AvgIpc) is 2.79. The van der Waals surface area contributed by atoms with Crippen LogP contribution in [-0.2, 0) is 6.42 Å². The molecular formula is C20H20O3. The van der Waals surface area contributed by atoms with Gasteiger partial charge >= 0.3 is 5.97 Å². The standard InChI is InChI=1S/C20H20O3/c1-14(12-15-5-7-17(8-6-15)20(21)22)18-10-9-16-4-2-3-11-23-19(16)13-18/h5-10,12-13H,2-4,11H2,1H3,(H,21,22)/b14-12+. The molecule has 3 nitrogen and oxygen atoms in total. The molecule has 3 rings (SSSR count). The van der Waals surface area contributed by atoms with Crippen LogP contribution < -0.4 is 4.74 Å². The summed E-state index contributed by atoms with van der Waals surface area (Å²) in [6, 6.07) is 13.3. The van der Waals surface area contributed by atoms with Crippen LogP contribution in [0, 0.1) is 0 Å². The van der Waals surface area contributed by atoms with Gasteiger partial charge in [0.2, 0.25) is 0 Å². The number of carboxylic acid groups (broad SMARTS) is 1. The van der Waals surface area contributed by atoms with E-state index in [9.17, 15) is 4.79 Å². The fourth-order valence-electron chi connectivity index (χ4n) is 2.80. The van der Waals surface area contributed by atoms with Gasteiger partial charge in [-0.1, -0.05) is 30.3 Å². The van der Waals surface area contributed by atoms with Crippen molar-refractivity contribution < 1.29 is 14.6 Å². The zero-order chi connectivity index (χ0) is 16.2. The van der Waals surface area contributed by atoms with E-state index in [0.29, 0.717) is 5.56 Å². The van der Waals surface area contributed by atoms with Crippen LogP contribution >= 0.6 is 0 Å². The van der Waals surface area contributed by atoms with E-state index in [2.05, 4.69) is 31.2 Å². The highest BCUT2D eigenvalue weighted by atomic mass is 16.5. The monoisotopic (exact) mass is 308 g/mol. The number of rotatable bonds is 3. The predicted molar refractivity (Wildman–Crippen MR) is 91.8 cm³/mol. The molecule has 0 unspecified atom stereocenters. The lowest BCUT2D eigenvalue weighted by Crippen LogP contribution is -1.96. The Bertz CT molecular complexity index is 742. The number of ether oxygens (including phenoxy) is 1. The number of fused-ring (bicyclic) bond motifs is 1. The van der Waals surface area contributed by atoms with Gasteiger partial charge in [-0.15, -0.1) is 0 Å². The molecule has 0 radical (unpaired) electrons. The van der Waals surface area contributed by atoms with Crippen molar-refractivity contribution in [1.29, 1.82) is 0 Å². The second kappa shape index (κ2) is 6.69. The summed E-state index contributed by atoms with van der Waals surface area (Å²) < 4.78 is 5.84. The molecule has 0 aromatic heterocycles. The molecule has 0 spiro atoms. The lowest BCUT2D eigenvalue weighted by Gasteiger charge is -2.10. The molecule has 1 N–H and O–H groups in total. The average molecular weight is 308 g/mol. The molecule has 23 heavy (non-hydrogen) atoms. The maximum atomic E-state index is 10.9. The molecule has 0 aliphatic carbocycles. The van der Waals surface area contributed by atoms with Gasteiger partial charge in [-0.3, -0.25) is 0 Å². The zero-order valence-corrected chi connectivity index (χ0v) is 13.2. The number of hydrogen-bond acceptors (Lipinski definition) is 2. The molecule has 2 aromatic carbocycles. The van der Waals surface area contributed by atoms with Crippen LogP contribution in [0.3, 0.4) is 0 Å². The predicted octanol–water partition coefficient (Wildman–Crippen LogP) is 4.66. The van der Waals surface area contributed by atoms with E-state index in [1.165, 1.54) is 12.0 Å². The minimum Gasteiger partial charge on any atom is -0.493 e. The number of aryl methyl sites for hydroxylation is 1. The van der Waals surface area contributed by atoms with Gasteiger partial charge in [-0.25, -0.2) is 4.79 Å². The molecule has 2 aromatic rings. The summed E-state index contributed by atoms with van der Waals surface area (Å²) in [7, 11) is 0. The van der Waals surface area contributed by atoms with Crippen LogP contribution in [0.5, 0.6) is 5.75 Å². The first-order valence-corrected chi connectivity index (χ1v) is 7.91. The Kier molecular flexibility index (Phi) is 4.47. The minimum atomic E-state index is -0.903. The summed E-state index contributed by atoms with van der Waals surface area (Å²) in [6.07, 6.45) is 5.42. The number of aromatic carboxylic acids is 1. The fourth-order valence-corrected chi connectivity index (χ4v) is 2.80. The van der Waals surface area contributed by atoms with Crippen molar-refractivity contribution in [2.45, 2.75) is 26.2 Å². The van der Waals surface area contributed by atoms with Gasteiger partial charge in [-0.05, 0) is 66.6 Å². The molecule has 0 atom stereocenters. The molecule has 3 heteroatoms. The van der Waals surface area contributed by atoms with Crippen molar-refractivity contribution in [2.75, 3.05) is 6.61 Å². The molecule has 0 fully saturated rings. The van der Waals surface area contributed by atoms with Gasteiger partial charge in [0, 0.05) is 0 Å². The molecule has 118 valence electrons. The molecule has 1 heterocycles. The fraction of sp³-hybridized carbons (Fsp3) is 0.250. The summed E-state index contributed by atoms with van der Waals surface area (Å²) >= 11 is 0. The van der Waals surface area contributed by atoms with Crippen LogP contribution in [0.2, 0.25) is 0 Å². The highest BCUT2D eigenvalue weighted by molar-refractivity contribution is 5.88. The van der Waals surface area contributed by atoms with Crippen LogP contribution in [0.15, 0.2) is 42.5 Å². The summed E-state index contributed by atoms with van der Waals surface area (Å²) in [5.74, 6) is 0.0918. The van der Waals surface area contributed by atoms with Crippen molar-refractivity contribution in [3.8, 4) is 5.75 Å². The minimum absolute atomic E-state index is 0.304.